The normalized spacial score (nSPS) is 17.3. The van der Waals surface area contributed by atoms with Gasteiger partial charge in [0.25, 0.3) is 5.91 Å². The van der Waals surface area contributed by atoms with Gasteiger partial charge in [0.2, 0.25) is 5.91 Å². The second-order valence-electron chi connectivity index (χ2n) is 8.25. The fraction of sp³-hybridized carbons (Fsp3) is 0.318. The van der Waals surface area contributed by atoms with E-state index >= 15 is 0 Å². The van der Waals surface area contributed by atoms with Gasteiger partial charge in [0, 0.05) is 30.2 Å². The number of ketones is 1. The number of aromatic amines is 1. The maximum atomic E-state index is 14.9. The van der Waals surface area contributed by atoms with Crippen LogP contribution in [0.2, 0.25) is 0 Å². The molecular weight excluding hydrogens is 420 g/mol. The lowest BCUT2D eigenvalue weighted by Gasteiger charge is -2.38. The first-order valence-corrected chi connectivity index (χ1v) is 10.2. The summed E-state index contributed by atoms with van der Waals surface area (Å²) in [6.07, 6.45) is 3.27. The van der Waals surface area contributed by atoms with Crippen molar-refractivity contribution in [1.82, 2.24) is 20.1 Å². The van der Waals surface area contributed by atoms with Gasteiger partial charge in [0.05, 0.1) is 29.4 Å². The van der Waals surface area contributed by atoms with Crippen LogP contribution in [0, 0.1) is 11.6 Å². The molecule has 2 aliphatic heterocycles. The number of carbonyl (C=O) groups excluding carboxylic acids is 3. The van der Waals surface area contributed by atoms with Gasteiger partial charge in [-0.15, -0.1) is 0 Å². The average Bonchev–Trinajstić information content (AvgIpc) is 3.33. The van der Waals surface area contributed by atoms with E-state index < -0.39 is 23.0 Å². The summed E-state index contributed by atoms with van der Waals surface area (Å²) in [6.45, 7) is 1.48. The molecule has 0 unspecified atom stereocenters. The quantitative estimate of drug-likeness (QED) is 0.676. The van der Waals surface area contributed by atoms with E-state index in [0.29, 0.717) is 16.6 Å². The number of hydrogen-bond donors (Lipinski definition) is 1. The monoisotopic (exact) mass is 439 g/mol. The Morgan fingerprint density at radius 2 is 1.94 bits per heavy atom. The van der Waals surface area contributed by atoms with Crippen molar-refractivity contribution in [3.05, 3.63) is 53.4 Å². The van der Waals surface area contributed by atoms with E-state index in [4.69, 9.17) is 0 Å². The number of pyridine rings is 1. The minimum absolute atomic E-state index is 0.0164. The molecule has 32 heavy (non-hydrogen) atoms. The molecule has 3 aromatic rings. The molecule has 0 atom stereocenters. The number of fused-ring (bicyclic) bond motifs is 3. The zero-order valence-corrected chi connectivity index (χ0v) is 17.2. The fourth-order valence-electron chi connectivity index (χ4n) is 4.77. The van der Waals surface area contributed by atoms with Crippen LogP contribution < -0.4 is 4.90 Å². The zero-order chi connectivity index (χ0) is 22.6. The van der Waals surface area contributed by atoms with Crippen molar-refractivity contribution in [2.24, 2.45) is 0 Å². The van der Waals surface area contributed by atoms with Crippen molar-refractivity contribution in [3.63, 3.8) is 0 Å². The first-order valence-electron chi connectivity index (χ1n) is 10.2. The third-order valence-electron chi connectivity index (χ3n) is 6.32. The van der Waals surface area contributed by atoms with Gasteiger partial charge >= 0.3 is 0 Å². The number of nitrogens with one attached hydrogen (secondary N) is 1. The number of piperidine rings is 1. The number of hydrogen-bond acceptors (Lipinski definition) is 5. The third-order valence-corrected chi connectivity index (χ3v) is 6.32. The number of aromatic nitrogens is 3. The molecule has 10 heteroatoms. The lowest BCUT2D eigenvalue weighted by molar-refractivity contribution is -0.126. The van der Waals surface area contributed by atoms with Gasteiger partial charge in [0.15, 0.2) is 17.3 Å². The molecule has 2 amide bonds. The van der Waals surface area contributed by atoms with Gasteiger partial charge in [-0.1, -0.05) is 0 Å². The summed E-state index contributed by atoms with van der Waals surface area (Å²) in [5, 5.41) is 7.31. The van der Waals surface area contributed by atoms with Crippen LogP contribution in [0.15, 0.2) is 30.6 Å². The molecule has 1 fully saturated rings. The summed E-state index contributed by atoms with van der Waals surface area (Å²) in [4.78, 5) is 45.1. The van der Waals surface area contributed by atoms with Crippen LogP contribution >= 0.6 is 0 Å². The van der Waals surface area contributed by atoms with Gasteiger partial charge in [-0.05, 0) is 38.0 Å². The van der Waals surface area contributed by atoms with Crippen LogP contribution in [0.1, 0.15) is 35.7 Å². The molecule has 1 N–H and O–H groups in total. The molecule has 5 rings (SSSR count). The van der Waals surface area contributed by atoms with Crippen LogP contribution in [-0.2, 0) is 15.0 Å². The number of rotatable bonds is 3. The maximum absolute atomic E-state index is 14.9. The van der Waals surface area contributed by atoms with Crippen LogP contribution in [0.4, 0.5) is 14.5 Å². The summed E-state index contributed by atoms with van der Waals surface area (Å²) in [5.41, 5.74) is -0.157. The molecule has 2 aliphatic rings. The molecule has 1 aromatic carbocycles. The van der Waals surface area contributed by atoms with Gasteiger partial charge in [0.1, 0.15) is 5.78 Å². The molecular formula is C22H19F2N5O3. The largest absolute Gasteiger partial charge is 0.339 e. The van der Waals surface area contributed by atoms with E-state index in [1.165, 1.54) is 24.1 Å². The molecule has 0 aliphatic carbocycles. The summed E-state index contributed by atoms with van der Waals surface area (Å²) in [7, 11) is 0. The molecule has 4 heterocycles. The number of carbonyl (C=O) groups is 3. The topological polar surface area (TPSA) is 99.3 Å². The van der Waals surface area contributed by atoms with E-state index in [0.717, 1.165) is 6.07 Å². The zero-order valence-electron chi connectivity index (χ0n) is 17.2. The summed E-state index contributed by atoms with van der Waals surface area (Å²) in [5.74, 6) is -3.07. The highest BCUT2D eigenvalue weighted by Crippen LogP contribution is 2.49. The number of halogens is 2. The van der Waals surface area contributed by atoms with Gasteiger partial charge in [-0.2, -0.15) is 5.10 Å². The molecule has 8 nitrogen and oxygen atoms in total. The van der Waals surface area contributed by atoms with Crippen molar-refractivity contribution in [2.45, 2.75) is 25.2 Å². The molecule has 1 spiro atoms. The Balaban J connectivity index is 1.45. The highest BCUT2D eigenvalue weighted by Gasteiger charge is 2.54. The number of anilines is 1. The Bertz CT molecular complexity index is 1280. The van der Waals surface area contributed by atoms with Crippen LogP contribution in [0.5, 0.6) is 0 Å². The van der Waals surface area contributed by atoms with Crippen LogP contribution in [0.25, 0.3) is 11.0 Å². The summed E-state index contributed by atoms with van der Waals surface area (Å²) in [6, 6.07) is 3.98. The van der Waals surface area contributed by atoms with Gasteiger partial charge in [-0.25, -0.2) is 13.8 Å². The second kappa shape index (κ2) is 7.18. The van der Waals surface area contributed by atoms with E-state index in [2.05, 4.69) is 15.2 Å². The van der Waals surface area contributed by atoms with Crippen molar-refractivity contribution in [1.29, 1.82) is 0 Å². The molecule has 1 saturated heterocycles. The molecule has 2 aromatic heterocycles. The number of benzene rings is 1. The van der Waals surface area contributed by atoms with E-state index in [9.17, 15) is 23.2 Å². The summed E-state index contributed by atoms with van der Waals surface area (Å²) >= 11 is 0. The number of amides is 2. The lowest BCUT2D eigenvalue weighted by Crippen LogP contribution is -2.51. The number of likely N-dealkylation sites (tertiary alicyclic amines) is 1. The fourth-order valence-corrected chi connectivity index (χ4v) is 4.77. The van der Waals surface area contributed by atoms with Crippen LogP contribution in [-0.4, -0.2) is 57.3 Å². The Kier molecular flexibility index (Phi) is 4.54. The Hall–Kier alpha value is -3.69. The van der Waals surface area contributed by atoms with E-state index in [1.807, 2.05) is 0 Å². The predicted octanol–water partition coefficient (Wildman–Crippen LogP) is 2.35. The summed E-state index contributed by atoms with van der Waals surface area (Å²) < 4.78 is 29.0. The predicted molar refractivity (Wildman–Crippen MR) is 110 cm³/mol. The van der Waals surface area contributed by atoms with Crippen molar-refractivity contribution >= 4 is 34.3 Å². The SMILES string of the molecule is CC(=O)CN1C(=O)C2(CCN(C(=O)c3cnc4[nH]ncc4c3)CC2)c2c1ccc(F)c2F. The average molecular weight is 439 g/mol. The Labute approximate surface area is 181 Å². The number of Topliss-reactive ketones (excluding diaryl/α,β-unsaturated/α-hetero) is 1. The van der Waals surface area contributed by atoms with Crippen molar-refractivity contribution in [2.75, 3.05) is 24.5 Å². The number of nitrogens with zero attached hydrogens (tertiary/aromatic N) is 4. The number of H-pyrrole nitrogens is 1. The second-order valence-corrected chi connectivity index (χ2v) is 8.25. The van der Waals surface area contributed by atoms with Crippen LogP contribution in [0.3, 0.4) is 0 Å². The highest BCUT2D eigenvalue weighted by atomic mass is 19.2. The molecule has 164 valence electrons. The maximum Gasteiger partial charge on any atom is 0.255 e. The Morgan fingerprint density at radius 3 is 2.66 bits per heavy atom. The molecule has 0 saturated carbocycles. The van der Waals surface area contributed by atoms with Crippen molar-refractivity contribution < 1.29 is 23.2 Å². The van der Waals surface area contributed by atoms with Gasteiger partial charge < -0.3 is 9.80 Å². The Morgan fingerprint density at radius 1 is 1.19 bits per heavy atom. The third kappa shape index (κ3) is 2.89. The lowest BCUT2D eigenvalue weighted by atomic mass is 9.73. The first kappa shape index (κ1) is 20.2. The minimum Gasteiger partial charge on any atom is -0.339 e. The highest BCUT2D eigenvalue weighted by molar-refractivity contribution is 6.11. The molecule has 0 radical (unpaired) electrons. The first-order chi connectivity index (χ1) is 15.3. The molecule has 0 bridgehead atoms. The van der Waals surface area contributed by atoms with E-state index in [-0.39, 0.29) is 55.4 Å². The van der Waals surface area contributed by atoms with E-state index in [1.54, 1.807) is 17.2 Å². The minimum atomic E-state index is -1.31. The van der Waals surface area contributed by atoms with Crippen molar-refractivity contribution in [3.8, 4) is 0 Å². The van der Waals surface area contributed by atoms with Gasteiger partial charge in [-0.3, -0.25) is 19.5 Å². The standard InChI is InChI=1S/C22H19F2N5O3/c1-12(30)11-29-16-3-2-15(23)18(24)17(16)22(21(29)32)4-6-28(7-5-22)20(31)14-8-13-10-26-27-19(13)25-9-14/h2-3,8-10H,4-7,11H2,1H3,(H,25,26,27). The smallest absolute Gasteiger partial charge is 0.255 e.